The number of fused-ring (bicyclic) bond motifs is 8. The maximum atomic E-state index is 16.0. The number of rotatable bonds is 8. The maximum absolute atomic E-state index is 16.0. The molecule has 0 radical (unpaired) electrons. The van der Waals surface area contributed by atoms with Crippen molar-refractivity contribution in [3.05, 3.63) is 158 Å². The number of aromatic nitrogens is 2. The number of aromatic amines is 1. The Morgan fingerprint density at radius 2 is 1.75 bits per heavy atom. The Morgan fingerprint density at radius 1 is 0.873 bits per heavy atom. The zero-order valence-corrected chi connectivity index (χ0v) is 40.2. The van der Waals surface area contributed by atoms with Crippen LogP contribution in [0.5, 0.6) is 17.2 Å². The minimum atomic E-state index is -1.14. The molecule has 3 aliphatic heterocycles. The molecule has 11 nitrogen and oxygen atoms in total. The summed E-state index contributed by atoms with van der Waals surface area (Å²) in [6, 6.07) is 18.9. The Balaban J connectivity index is 1.09. The summed E-state index contributed by atoms with van der Waals surface area (Å²) in [5.41, 5.74) is 9.49. The van der Waals surface area contributed by atoms with E-state index in [1.807, 2.05) is 61.8 Å². The summed E-state index contributed by atoms with van der Waals surface area (Å²) in [6.07, 6.45) is 19.7. The highest BCUT2D eigenvalue weighted by Gasteiger charge is 2.43. The van der Waals surface area contributed by atoms with Crippen molar-refractivity contribution in [1.82, 2.24) is 15.3 Å². The second kappa shape index (κ2) is 19.9. The van der Waals surface area contributed by atoms with E-state index in [2.05, 4.69) is 58.6 Å². The number of ketones is 2. The first-order chi connectivity index (χ1) is 34.6. The quantitative estimate of drug-likeness (QED) is 0.0502. The molecule has 9 atom stereocenters. The van der Waals surface area contributed by atoms with Gasteiger partial charge in [0.05, 0.1) is 24.0 Å². The molecule has 7 aliphatic rings. The van der Waals surface area contributed by atoms with Crippen molar-refractivity contribution < 1.29 is 34.8 Å². The van der Waals surface area contributed by atoms with Crippen molar-refractivity contribution in [2.75, 3.05) is 20.2 Å². The van der Waals surface area contributed by atoms with Gasteiger partial charge in [0, 0.05) is 60.9 Å². The Morgan fingerprint density at radius 3 is 2.59 bits per heavy atom. The normalized spacial score (nSPS) is 26.9. The van der Waals surface area contributed by atoms with Crippen molar-refractivity contribution in [3.8, 4) is 29.1 Å². The molecule has 0 spiro atoms. The van der Waals surface area contributed by atoms with Gasteiger partial charge in [-0.25, -0.2) is 0 Å². The lowest BCUT2D eigenvalue weighted by atomic mass is 9.66. The van der Waals surface area contributed by atoms with Crippen LogP contribution >= 0.6 is 0 Å². The zero-order chi connectivity index (χ0) is 48.8. The Bertz CT molecular complexity index is 3000. The van der Waals surface area contributed by atoms with Gasteiger partial charge in [-0.15, -0.1) is 5.69 Å². The van der Waals surface area contributed by atoms with Gasteiger partial charge in [0.1, 0.15) is 11.5 Å². The predicted octanol–water partition coefficient (Wildman–Crippen LogP) is 9.21. The number of aryl methyl sites for hydroxylation is 2. The number of aromatic hydroxyl groups is 2. The summed E-state index contributed by atoms with van der Waals surface area (Å²) in [5, 5.41) is 54.8. The molecule has 0 saturated heterocycles. The summed E-state index contributed by atoms with van der Waals surface area (Å²) < 4.78 is 6.53. The Kier molecular flexibility index (Phi) is 13.1. The van der Waals surface area contributed by atoms with E-state index in [0.717, 1.165) is 88.7 Å². The molecule has 6 N–H and O–H groups in total. The second-order valence-electron chi connectivity index (χ2n) is 20.6. The standard InChI is InChI=1S/C60H62N4O7/c1-61-33-38-14-19-51-50-32-52-44(21-24-62-52)49(29-34-9-13-37-5-4-8-53(66)41(37)15-10-34)56(50)59(70)47(23-26-65)54(67)20-12-36-28-39(58(69)55(31-36)71-40-6-2-3-7-40)27-35-11-16-42-45(57(38)68)18-17-43(48(42)30-35)46-22-25-63-60(46)64-51/h4-5,8,10-11,15-18,21-22,24-25,28,30-32,34,38,40,43,45,47,49,51,56-57,61,63,65-66,68-69H,2-3,6-7,9,12-13,20,23,26-27,29,33H2,1H3/q-2. The number of benzene rings is 3. The van der Waals surface area contributed by atoms with Crippen LogP contribution in [0.1, 0.15) is 125 Å². The molecule has 2 aromatic heterocycles. The third kappa shape index (κ3) is 9.07. The average molecular weight is 951 g/mol. The fraction of sp³-hybridized carbons (Fsp3) is 0.400. The monoisotopic (exact) mass is 950 g/mol. The van der Waals surface area contributed by atoms with Gasteiger partial charge in [-0.2, -0.15) is 6.20 Å². The number of hydrogen-bond acceptors (Lipinski definition) is 8. The molecule has 11 heteroatoms. The van der Waals surface area contributed by atoms with Gasteiger partial charge in [-0.3, -0.25) is 9.59 Å². The van der Waals surface area contributed by atoms with E-state index >= 15 is 4.79 Å². The van der Waals surface area contributed by atoms with E-state index in [1.165, 1.54) is 0 Å². The molecule has 9 unspecified atom stereocenters. The van der Waals surface area contributed by atoms with Gasteiger partial charge in [0.2, 0.25) is 0 Å². The smallest absolute Gasteiger partial charge is 0.161 e. The van der Waals surface area contributed by atoms with E-state index in [-0.39, 0.29) is 66.4 Å². The number of phenols is 2. The lowest BCUT2D eigenvalue weighted by molar-refractivity contribution is -0.135. The van der Waals surface area contributed by atoms with Crippen LogP contribution in [0.3, 0.4) is 0 Å². The molecule has 71 heavy (non-hydrogen) atoms. The first-order valence-corrected chi connectivity index (χ1v) is 25.7. The SMILES string of the molecule is CNCC1C#CC2[N-]c3[nH]ccc3C3C=CC(c4ccc(cc43)Cc3cc(cc(OC4CCCC4)c3O)CCC(=O)C(CCO)C(=O)C3C2=Cc2[n-]ccc2C3CC2C=Cc3c(O)cccc3CC2)C1O. The van der Waals surface area contributed by atoms with Crippen molar-refractivity contribution >= 4 is 29.5 Å². The summed E-state index contributed by atoms with van der Waals surface area (Å²) in [7, 11) is 1.84. The van der Waals surface area contributed by atoms with E-state index < -0.39 is 35.8 Å². The van der Waals surface area contributed by atoms with E-state index in [1.54, 1.807) is 12.3 Å². The van der Waals surface area contributed by atoms with E-state index in [4.69, 9.17) is 15.0 Å². The summed E-state index contributed by atoms with van der Waals surface area (Å²) in [4.78, 5) is 39.3. The number of phenolic OH excluding ortho intramolecular Hbond substituents is 2. The number of Topliss-reactive ketones (excluding diaryl/α,β-unsaturated/α-hetero) is 2. The summed E-state index contributed by atoms with van der Waals surface area (Å²) in [5.74, 6) is 4.12. The number of H-pyrrole nitrogens is 1. The van der Waals surface area contributed by atoms with Crippen molar-refractivity contribution in [3.63, 3.8) is 0 Å². The fourth-order valence-electron chi connectivity index (χ4n) is 12.6. The molecule has 7 bridgehead atoms. The molecule has 5 aromatic rings. The topological polar surface area (TPSA) is 180 Å². The number of ether oxygens (including phenoxy) is 1. The molecule has 366 valence electrons. The lowest BCUT2D eigenvalue weighted by Crippen LogP contribution is -2.39. The molecule has 5 heterocycles. The van der Waals surface area contributed by atoms with Crippen molar-refractivity contribution in [1.29, 1.82) is 0 Å². The van der Waals surface area contributed by atoms with Gasteiger partial charge in [0.25, 0.3) is 0 Å². The van der Waals surface area contributed by atoms with Crippen LogP contribution in [0.4, 0.5) is 5.82 Å². The van der Waals surface area contributed by atoms with Crippen molar-refractivity contribution in [2.45, 2.75) is 107 Å². The highest BCUT2D eigenvalue weighted by molar-refractivity contribution is 6.05. The molecular formula is C60H62N4O7-2. The first-order valence-electron chi connectivity index (χ1n) is 25.7. The molecule has 1 saturated carbocycles. The van der Waals surface area contributed by atoms with Crippen LogP contribution in [0.2, 0.25) is 0 Å². The third-order valence-electron chi connectivity index (χ3n) is 16.2. The van der Waals surface area contributed by atoms with Gasteiger partial charge < -0.3 is 45.8 Å². The van der Waals surface area contributed by atoms with Crippen LogP contribution in [0.15, 0.2) is 96.9 Å². The van der Waals surface area contributed by atoms with Gasteiger partial charge >= 0.3 is 0 Å². The highest BCUT2D eigenvalue weighted by Crippen LogP contribution is 2.50. The van der Waals surface area contributed by atoms with Gasteiger partial charge in [0.15, 0.2) is 17.3 Å². The van der Waals surface area contributed by atoms with Gasteiger partial charge in [-0.1, -0.05) is 108 Å². The molecule has 3 aromatic carbocycles. The molecule has 12 rings (SSSR count). The summed E-state index contributed by atoms with van der Waals surface area (Å²) >= 11 is 0. The summed E-state index contributed by atoms with van der Waals surface area (Å²) in [6.45, 7) is 0.0194. The molecule has 0 amide bonds. The number of hydrogen-bond donors (Lipinski definition) is 6. The molecule has 1 fully saturated rings. The number of carbonyl (C=O) groups excluding carboxylic acids is 2. The minimum Gasteiger partial charge on any atom is -0.664 e. The largest absolute Gasteiger partial charge is 0.664 e. The number of aliphatic hydroxyl groups is 2. The number of nitrogens with zero attached hydrogens (tertiary/aromatic N) is 2. The number of allylic oxidation sites excluding steroid dienone is 2. The van der Waals surface area contributed by atoms with Crippen LogP contribution < -0.4 is 15.0 Å². The van der Waals surface area contributed by atoms with Crippen molar-refractivity contribution in [2.24, 2.45) is 23.7 Å². The van der Waals surface area contributed by atoms with Crippen LogP contribution in [0.25, 0.3) is 17.5 Å². The molecular weight excluding hydrogens is 889 g/mol. The highest BCUT2D eigenvalue weighted by atomic mass is 16.5. The zero-order valence-electron chi connectivity index (χ0n) is 40.2. The minimum absolute atomic E-state index is 0.00759. The van der Waals surface area contributed by atoms with Crippen LogP contribution in [-0.4, -0.2) is 75.4 Å². The lowest BCUT2D eigenvalue weighted by Gasteiger charge is -2.41. The average Bonchev–Trinajstić information content (AvgIpc) is 4.15. The van der Waals surface area contributed by atoms with Crippen LogP contribution in [-0.2, 0) is 28.9 Å². The number of carbonyl (C=O) groups is 2. The van der Waals surface area contributed by atoms with Crippen LogP contribution in [0, 0.1) is 35.5 Å². The Hall–Kier alpha value is -6.58. The van der Waals surface area contributed by atoms with E-state index in [9.17, 15) is 25.2 Å². The third-order valence-corrected chi connectivity index (χ3v) is 16.2. The number of nitrogens with one attached hydrogen (secondary N) is 2. The van der Waals surface area contributed by atoms with Gasteiger partial charge in [-0.05, 0) is 128 Å². The Labute approximate surface area is 415 Å². The fourth-order valence-corrected chi connectivity index (χ4v) is 12.6. The number of aliphatic hydroxyl groups excluding tert-OH is 2. The predicted molar refractivity (Wildman–Crippen MR) is 274 cm³/mol. The maximum Gasteiger partial charge on any atom is 0.161 e. The second-order valence-corrected chi connectivity index (χ2v) is 20.6. The molecule has 4 aliphatic carbocycles. The first kappa shape index (κ1) is 46.8. The van der Waals surface area contributed by atoms with E-state index in [0.29, 0.717) is 48.5 Å².